The van der Waals surface area contributed by atoms with E-state index in [0.29, 0.717) is 6.61 Å². The van der Waals surface area contributed by atoms with Gasteiger partial charge in [0, 0.05) is 13.7 Å². The molecule has 3 saturated heterocycles. The fourth-order valence-electron chi connectivity index (χ4n) is 12.4. The lowest BCUT2D eigenvalue weighted by molar-refractivity contribution is -0.148. The largest absolute Gasteiger partial charge is 0.476 e. The molecule has 3 amide bonds. The lowest BCUT2D eigenvalue weighted by Crippen LogP contribution is -2.72. The van der Waals surface area contributed by atoms with Crippen molar-refractivity contribution >= 4 is 17.7 Å². The molecule has 0 radical (unpaired) electrons. The first-order valence-electron chi connectivity index (χ1n) is 31.8. The van der Waals surface area contributed by atoms with Crippen LogP contribution in [-0.4, -0.2) is 68.2 Å². The number of benzene rings is 9. The van der Waals surface area contributed by atoms with Gasteiger partial charge >= 0.3 is 0 Å². The average molecular weight is 1210 g/mol. The van der Waals surface area contributed by atoms with Crippen LogP contribution in [0.4, 0.5) is 0 Å². The highest BCUT2D eigenvalue weighted by Crippen LogP contribution is 2.41. The first-order valence-corrected chi connectivity index (χ1v) is 31.8. The van der Waals surface area contributed by atoms with Crippen molar-refractivity contribution in [1.29, 1.82) is 0 Å². The Bertz CT molecular complexity index is 3410. The molecule has 3 fully saturated rings. The third-order valence-corrected chi connectivity index (χ3v) is 17.1. The van der Waals surface area contributed by atoms with Crippen LogP contribution in [0.1, 0.15) is 109 Å². The summed E-state index contributed by atoms with van der Waals surface area (Å²) in [5.41, 5.74) is 8.59. The Labute approximate surface area is 536 Å². The van der Waals surface area contributed by atoms with Gasteiger partial charge in [0.15, 0.2) is 18.7 Å². The Morgan fingerprint density at radius 2 is 0.604 bits per heavy atom. The summed E-state index contributed by atoms with van der Waals surface area (Å²) in [6.45, 7) is 6.82. The highest BCUT2D eigenvalue weighted by atomic mass is 16.5. The SMILES string of the molecule is CC(C)=CO[C@H]1NC(=O)[C@H]1NC(c1ccccc1)(c1ccccc1)c1ccccc1.CCCCCCCCO[C@H]1NC(=O)[C@H]1NC(c1ccccc1)(c1ccccc1)c1ccccc1.CO[C@H]1NC(=O)[C@H]1NC(c1ccccc1)(c1ccccc1)c1ccccc1. The van der Waals surface area contributed by atoms with Crippen LogP contribution in [0.2, 0.25) is 0 Å². The smallest absolute Gasteiger partial charge is 0.245 e. The Morgan fingerprint density at radius 1 is 0.363 bits per heavy atom. The van der Waals surface area contributed by atoms with E-state index in [0.717, 1.165) is 62.1 Å². The number of carbonyl (C=O) groups is 3. The second-order valence-corrected chi connectivity index (χ2v) is 23.4. The number of nitrogens with one attached hydrogen (secondary N) is 6. The van der Waals surface area contributed by atoms with Gasteiger partial charge in [-0.2, -0.15) is 0 Å². The maximum Gasteiger partial charge on any atom is 0.245 e. The molecule has 12 nitrogen and oxygen atoms in total. The van der Waals surface area contributed by atoms with Gasteiger partial charge in [0.1, 0.15) is 18.1 Å². The van der Waals surface area contributed by atoms with E-state index in [-0.39, 0.29) is 30.2 Å². The van der Waals surface area contributed by atoms with Crippen molar-refractivity contribution in [1.82, 2.24) is 31.9 Å². The summed E-state index contributed by atoms with van der Waals surface area (Å²) >= 11 is 0. The second kappa shape index (κ2) is 31.5. The van der Waals surface area contributed by atoms with Gasteiger partial charge in [-0.3, -0.25) is 30.3 Å². The van der Waals surface area contributed by atoms with E-state index in [2.05, 4.69) is 148 Å². The third-order valence-electron chi connectivity index (χ3n) is 17.1. The maximum absolute atomic E-state index is 12.8. The molecule has 9 aromatic carbocycles. The zero-order valence-electron chi connectivity index (χ0n) is 52.4. The molecule has 3 aliphatic heterocycles. The minimum atomic E-state index is -0.710. The van der Waals surface area contributed by atoms with Crippen molar-refractivity contribution in [3.8, 4) is 0 Å². The van der Waals surface area contributed by atoms with E-state index in [4.69, 9.17) is 14.2 Å². The standard InChI is InChI=1S/C30H36N2O2.C26H26N2O2.C23H22N2O2/c1-2-3-4-5-6-16-23-34-29-27(28(33)31-29)32-30(24-17-10-7-11-18-24,25-19-12-8-13-20-25)26-21-14-9-15-22-26;1-19(2)18-30-25-23(24(29)27-25)28-26(20-12-6-3-7-13-20,21-14-8-4-9-15-21)22-16-10-5-11-17-22;1-27-22-20(21(26)24-22)25-23(17-11-5-2-6-12-17,18-13-7-3-8-14-18)19-15-9-4-10-16-19/h7-15,17-22,27,29,32H,2-6,16,23H2,1H3,(H,31,33);3-18,23,25,28H,1-2H3,(H,27,29);2-16,20,22,25H,1H3,(H,24,26)/t27-,29-;23-,25-;20-,22-/m111/s1. The van der Waals surface area contributed by atoms with E-state index in [1.54, 1.807) is 13.4 Å². The Hall–Kier alpha value is -9.27. The molecule has 3 aliphatic rings. The average Bonchev–Trinajstić information content (AvgIpc) is 0.767. The van der Waals surface area contributed by atoms with E-state index in [1.165, 1.54) is 32.1 Å². The third kappa shape index (κ3) is 14.8. The minimum absolute atomic E-state index is 0.0277. The predicted molar refractivity (Wildman–Crippen MR) is 361 cm³/mol. The second-order valence-electron chi connectivity index (χ2n) is 23.4. The van der Waals surface area contributed by atoms with Gasteiger partial charge in [-0.25, -0.2) is 0 Å². The van der Waals surface area contributed by atoms with Crippen molar-refractivity contribution in [2.75, 3.05) is 13.7 Å². The summed E-state index contributed by atoms with van der Waals surface area (Å²) in [7, 11) is 1.61. The van der Waals surface area contributed by atoms with Crippen molar-refractivity contribution in [2.45, 2.75) is 113 Å². The topological polar surface area (TPSA) is 151 Å². The number of methoxy groups -OCH3 is 1. The summed E-state index contributed by atoms with van der Waals surface area (Å²) in [6, 6.07) is 91.0. The van der Waals surface area contributed by atoms with Gasteiger partial charge in [0.2, 0.25) is 17.7 Å². The molecule has 0 aliphatic carbocycles. The summed E-state index contributed by atoms with van der Waals surface area (Å²) in [6.07, 6.45) is 7.84. The molecule has 91 heavy (non-hydrogen) atoms. The fraction of sp³-hybridized carbons (Fsp3) is 0.253. The molecule has 0 unspecified atom stereocenters. The molecule has 12 rings (SSSR count). The zero-order chi connectivity index (χ0) is 63.3. The number of hydrogen-bond donors (Lipinski definition) is 6. The lowest BCUT2D eigenvalue weighted by atomic mass is 9.76. The number of amides is 3. The summed E-state index contributed by atoms with van der Waals surface area (Å²) in [4.78, 5) is 37.7. The van der Waals surface area contributed by atoms with Crippen LogP contribution in [0.25, 0.3) is 0 Å². The zero-order valence-corrected chi connectivity index (χ0v) is 52.4. The highest BCUT2D eigenvalue weighted by molar-refractivity contribution is 5.90. The number of unbranched alkanes of at least 4 members (excludes halogenated alkanes) is 5. The fourth-order valence-corrected chi connectivity index (χ4v) is 12.4. The molecule has 9 aromatic rings. The number of ether oxygens (including phenoxy) is 3. The number of carbonyl (C=O) groups excluding carboxylic acids is 3. The minimum Gasteiger partial charge on any atom is -0.476 e. The van der Waals surface area contributed by atoms with Crippen molar-refractivity contribution in [2.24, 2.45) is 0 Å². The molecule has 0 aromatic heterocycles. The van der Waals surface area contributed by atoms with Crippen molar-refractivity contribution < 1.29 is 28.6 Å². The summed E-state index contributed by atoms with van der Waals surface area (Å²) in [5.74, 6) is -0.163. The molecular weight excluding hydrogens is 1130 g/mol. The van der Waals surface area contributed by atoms with Gasteiger partial charge in [0.05, 0.1) is 22.9 Å². The van der Waals surface area contributed by atoms with Crippen LogP contribution in [0.3, 0.4) is 0 Å². The van der Waals surface area contributed by atoms with Crippen LogP contribution < -0.4 is 31.9 Å². The molecule has 3 heterocycles. The van der Waals surface area contributed by atoms with E-state index in [9.17, 15) is 14.4 Å². The maximum atomic E-state index is 12.8. The Morgan fingerprint density at radius 3 is 0.868 bits per heavy atom. The molecule has 6 N–H and O–H groups in total. The predicted octanol–water partition coefficient (Wildman–Crippen LogP) is 13.1. The van der Waals surface area contributed by atoms with Crippen molar-refractivity contribution in [3.63, 3.8) is 0 Å². The normalized spacial score (nSPS) is 18.3. The molecular formula is C79H84N6O6. The highest BCUT2D eigenvalue weighted by Gasteiger charge is 2.51. The quantitative estimate of drug-likeness (QED) is 0.0135. The van der Waals surface area contributed by atoms with Crippen LogP contribution in [0, 0.1) is 0 Å². The van der Waals surface area contributed by atoms with E-state index < -0.39 is 41.0 Å². The molecule has 0 saturated carbocycles. The van der Waals surface area contributed by atoms with Gasteiger partial charge in [-0.05, 0) is 75.9 Å². The van der Waals surface area contributed by atoms with Gasteiger partial charge < -0.3 is 30.2 Å². The Kier molecular flexibility index (Phi) is 22.4. The Balaban J connectivity index is 0.000000151. The van der Waals surface area contributed by atoms with Crippen LogP contribution in [-0.2, 0) is 45.2 Å². The molecule has 466 valence electrons. The van der Waals surface area contributed by atoms with Crippen LogP contribution >= 0.6 is 0 Å². The monoisotopic (exact) mass is 1210 g/mol. The molecule has 0 bridgehead atoms. The van der Waals surface area contributed by atoms with Crippen molar-refractivity contribution in [3.05, 3.63) is 335 Å². The first kappa shape index (κ1) is 64.7. The summed E-state index contributed by atoms with van der Waals surface area (Å²) in [5, 5.41) is 19.7. The lowest BCUT2D eigenvalue weighted by Gasteiger charge is -2.45. The summed E-state index contributed by atoms with van der Waals surface area (Å²) < 4.78 is 17.4. The number of β-lactam (4-membered cyclic amide) rings is 3. The molecule has 0 spiro atoms. The van der Waals surface area contributed by atoms with E-state index >= 15 is 0 Å². The van der Waals surface area contributed by atoms with Gasteiger partial charge in [-0.1, -0.05) is 312 Å². The number of allylic oxidation sites excluding steroid dienone is 1. The first-order chi connectivity index (χ1) is 44.6. The molecule has 6 atom stereocenters. The number of rotatable bonds is 26. The number of hydrogen-bond acceptors (Lipinski definition) is 9. The molecule has 12 heteroatoms. The van der Waals surface area contributed by atoms with Gasteiger partial charge in [-0.15, -0.1) is 0 Å². The van der Waals surface area contributed by atoms with Crippen LogP contribution in [0.15, 0.2) is 285 Å². The van der Waals surface area contributed by atoms with Crippen LogP contribution in [0.5, 0.6) is 0 Å². The van der Waals surface area contributed by atoms with Gasteiger partial charge in [0.25, 0.3) is 0 Å². The van der Waals surface area contributed by atoms with E-state index in [1.807, 2.05) is 178 Å².